The van der Waals surface area contributed by atoms with Gasteiger partial charge >= 0.3 is 0 Å². The van der Waals surface area contributed by atoms with Gasteiger partial charge in [-0.25, -0.2) is 0 Å². The van der Waals surface area contributed by atoms with Crippen molar-refractivity contribution in [1.29, 1.82) is 0 Å². The Hall–Kier alpha value is -3.35. The number of hydrogen-bond donors (Lipinski definition) is 0. The van der Waals surface area contributed by atoms with Gasteiger partial charge in [0.25, 0.3) is 5.91 Å². The summed E-state index contributed by atoms with van der Waals surface area (Å²) in [5, 5.41) is 4.05. The smallest absolute Gasteiger partial charge is 0.260 e. The Balaban J connectivity index is 1.16. The van der Waals surface area contributed by atoms with Gasteiger partial charge in [0.1, 0.15) is 5.60 Å². The SMILES string of the molecule is CC1(C)Cc2cccc(OCC(=O)N3CC(c4nc(-c5ccccc5)no4)C3)c2O1. The molecule has 1 fully saturated rings. The zero-order chi connectivity index (χ0) is 20.7. The van der Waals surface area contributed by atoms with Gasteiger partial charge in [0.2, 0.25) is 11.7 Å². The number of nitrogens with zero attached hydrogens (tertiary/aromatic N) is 3. The van der Waals surface area contributed by atoms with Crippen molar-refractivity contribution >= 4 is 5.91 Å². The minimum Gasteiger partial charge on any atom is -0.483 e. The molecule has 3 aromatic rings. The molecule has 2 aromatic carbocycles. The van der Waals surface area contributed by atoms with Crippen molar-refractivity contribution < 1.29 is 18.8 Å². The number of likely N-dealkylation sites (tertiary alicyclic amines) is 1. The van der Waals surface area contributed by atoms with E-state index >= 15 is 0 Å². The van der Waals surface area contributed by atoms with E-state index < -0.39 is 0 Å². The third-order valence-electron chi connectivity index (χ3n) is 5.46. The fourth-order valence-corrected chi connectivity index (χ4v) is 3.88. The van der Waals surface area contributed by atoms with Gasteiger partial charge < -0.3 is 18.9 Å². The van der Waals surface area contributed by atoms with E-state index in [1.54, 1.807) is 4.90 Å². The van der Waals surface area contributed by atoms with Gasteiger partial charge in [-0.15, -0.1) is 0 Å². The molecule has 0 aliphatic carbocycles. The van der Waals surface area contributed by atoms with Crippen LogP contribution in [0.15, 0.2) is 53.1 Å². The van der Waals surface area contributed by atoms with Crippen LogP contribution in [0.4, 0.5) is 0 Å². The second-order valence-electron chi connectivity index (χ2n) is 8.39. The highest BCUT2D eigenvalue weighted by molar-refractivity contribution is 5.79. The Morgan fingerprint density at radius 2 is 1.97 bits per heavy atom. The molecule has 0 spiro atoms. The van der Waals surface area contributed by atoms with E-state index in [4.69, 9.17) is 14.0 Å². The Labute approximate surface area is 174 Å². The highest BCUT2D eigenvalue weighted by Gasteiger charge is 2.36. The van der Waals surface area contributed by atoms with Gasteiger partial charge in [-0.1, -0.05) is 47.6 Å². The van der Waals surface area contributed by atoms with Crippen molar-refractivity contribution in [3.8, 4) is 22.9 Å². The summed E-state index contributed by atoms with van der Waals surface area (Å²) in [7, 11) is 0. The van der Waals surface area contributed by atoms with Crippen molar-refractivity contribution in [2.24, 2.45) is 0 Å². The van der Waals surface area contributed by atoms with Crippen molar-refractivity contribution in [2.45, 2.75) is 31.8 Å². The summed E-state index contributed by atoms with van der Waals surface area (Å²) in [6.45, 7) is 5.17. The second-order valence-corrected chi connectivity index (χ2v) is 8.39. The average molecular weight is 405 g/mol. The summed E-state index contributed by atoms with van der Waals surface area (Å²) < 4.78 is 17.2. The standard InChI is InChI=1S/C23H23N3O4/c1-23(2)11-16-9-6-10-18(20(16)29-23)28-14-19(27)26-12-17(13-26)22-24-21(25-30-22)15-7-4-3-5-8-15/h3-10,17H,11-14H2,1-2H3. The van der Waals surface area contributed by atoms with E-state index in [-0.39, 0.29) is 24.0 Å². The molecule has 5 rings (SSSR count). The van der Waals surface area contributed by atoms with Gasteiger partial charge in [0.15, 0.2) is 18.1 Å². The second kappa shape index (κ2) is 7.16. The first-order valence-corrected chi connectivity index (χ1v) is 10.1. The molecule has 0 radical (unpaired) electrons. The molecular weight excluding hydrogens is 382 g/mol. The monoisotopic (exact) mass is 405 g/mol. The number of benzene rings is 2. The first-order chi connectivity index (χ1) is 14.5. The van der Waals surface area contributed by atoms with Crippen molar-refractivity contribution in [2.75, 3.05) is 19.7 Å². The minimum atomic E-state index is -0.251. The Morgan fingerprint density at radius 1 is 1.17 bits per heavy atom. The van der Waals surface area contributed by atoms with Crippen LogP contribution in [0.3, 0.4) is 0 Å². The van der Waals surface area contributed by atoms with Crippen molar-refractivity contribution in [3.63, 3.8) is 0 Å². The third kappa shape index (κ3) is 3.51. The number of carbonyl (C=O) groups is 1. The van der Waals surface area contributed by atoms with E-state index in [1.807, 2.05) is 62.4 Å². The Bertz CT molecular complexity index is 1070. The van der Waals surface area contributed by atoms with Crippen LogP contribution in [0.1, 0.15) is 31.2 Å². The van der Waals surface area contributed by atoms with Gasteiger partial charge in [0, 0.05) is 30.6 Å². The van der Waals surface area contributed by atoms with Crippen molar-refractivity contribution in [1.82, 2.24) is 15.0 Å². The van der Waals surface area contributed by atoms with Crippen LogP contribution < -0.4 is 9.47 Å². The van der Waals surface area contributed by atoms with Crippen LogP contribution in [-0.4, -0.2) is 46.2 Å². The fraction of sp³-hybridized carbons (Fsp3) is 0.348. The number of amides is 1. The molecule has 7 heteroatoms. The van der Waals surface area contributed by atoms with Crippen LogP contribution in [0.2, 0.25) is 0 Å². The van der Waals surface area contributed by atoms with Gasteiger partial charge in [-0.3, -0.25) is 4.79 Å². The Kier molecular flexibility index (Phi) is 4.46. The maximum Gasteiger partial charge on any atom is 0.260 e. The van der Waals surface area contributed by atoms with Crippen LogP contribution in [0, 0.1) is 0 Å². The first kappa shape index (κ1) is 18.7. The summed E-state index contributed by atoms with van der Waals surface area (Å²) in [6, 6.07) is 15.5. The number of fused-ring (bicyclic) bond motifs is 1. The van der Waals surface area contributed by atoms with E-state index in [0.29, 0.717) is 30.6 Å². The van der Waals surface area contributed by atoms with E-state index in [2.05, 4.69) is 10.1 Å². The zero-order valence-corrected chi connectivity index (χ0v) is 17.0. The third-order valence-corrected chi connectivity index (χ3v) is 5.46. The number of carbonyl (C=O) groups excluding carboxylic acids is 1. The number of ether oxygens (including phenoxy) is 2. The molecule has 3 heterocycles. The molecule has 2 aliphatic rings. The normalized spacial score (nSPS) is 17.2. The number of para-hydroxylation sites is 1. The summed E-state index contributed by atoms with van der Waals surface area (Å²) in [4.78, 5) is 18.7. The lowest BCUT2D eigenvalue weighted by Gasteiger charge is -2.36. The predicted octanol–water partition coefficient (Wildman–Crippen LogP) is 3.45. The molecule has 1 amide bonds. The van der Waals surface area contributed by atoms with E-state index in [0.717, 1.165) is 23.3 Å². The first-order valence-electron chi connectivity index (χ1n) is 10.1. The quantitative estimate of drug-likeness (QED) is 0.647. The lowest BCUT2D eigenvalue weighted by molar-refractivity contribution is -0.138. The van der Waals surface area contributed by atoms with Gasteiger partial charge in [-0.05, 0) is 19.9 Å². The highest BCUT2D eigenvalue weighted by Crippen LogP contribution is 2.41. The summed E-state index contributed by atoms with van der Waals surface area (Å²) in [5.41, 5.74) is 1.77. The van der Waals surface area contributed by atoms with Crippen LogP contribution in [-0.2, 0) is 11.2 Å². The molecule has 1 saturated heterocycles. The van der Waals surface area contributed by atoms with E-state index in [9.17, 15) is 4.79 Å². The van der Waals surface area contributed by atoms with Crippen LogP contribution in [0.5, 0.6) is 11.5 Å². The average Bonchev–Trinajstić information content (AvgIpc) is 3.29. The van der Waals surface area contributed by atoms with Crippen molar-refractivity contribution in [3.05, 3.63) is 60.0 Å². The Morgan fingerprint density at radius 3 is 2.77 bits per heavy atom. The van der Waals surface area contributed by atoms with Crippen LogP contribution in [0.25, 0.3) is 11.4 Å². The summed E-state index contributed by atoms with van der Waals surface area (Å²) in [5.74, 6) is 2.49. The maximum atomic E-state index is 12.5. The summed E-state index contributed by atoms with van der Waals surface area (Å²) in [6.07, 6.45) is 0.830. The highest BCUT2D eigenvalue weighted by atomic mass is 16.5. The number of hydrogen-bond acceptors (Lipinski definition) is 6. The molecule has 1 aromatic heterocycles. The molecule has 2 aliphatic heterocycles. The molecule has 154 valence electrons. The summed E-state index contributed by atoms with van der Waals surface area (Å²) >= 11 is 0. The van der Waals surface area contributed by atoms with Gasteiger partial charge in [0.05, 0.1) is 5.92 Å². The molecule has 7 nitrogen and oxygen atoms in total. The largest absolute Gasteiger partial charge is 0.483 e. The fourth-order valence-electron chi connectivity index (χ4n) is 3.88. The molecular formula is C23H23N3O4. The van der Waals surface area contributed by atoms with E-state index in [1.165, 1.54) is 0 Å². The molecule has 0 N–H and O–H groups in total. The maximum absolute atomic E-state index is 12.5. The zero-order valence-electron chi connectivity index (χ0n) is 17.0. The lowest BCUT2D eigenvalue weighted by atomic mass is 10.00. The topological polar surface area (TPSA) is 77.7 Å². The molecule has 0 saturated carbocycles. The van der Waals surface area contributed by atoms with Crippen LogP contribution >= 0.6 is 0 Å². The molecule has 0 atom stereocenters. The molecule has 30 heavy (non-hydrogen) atoms. The molecule has 0 unspecified atom stereocenters. The molecule has 0 bridgehead atoms. The minimum absolute atomic E-state index is 0.0218. The number of aromatic nitrogens is 2. The lowest BCUT2D eigenvalue weighted by Crippen LogP contribution is -2.50. The predicted molar refractivity (Wildman–Crippen MR) is 109 cm³/mol. The number of rotatable bonds is 5. The van der Waals surface area contributed by atoms with Gasteiger partial charge in [-0.2, -0.15) is 4.98 Å².